The van der Waals surface area contributed by atoms with Crippen LogP contribution in [0.3, 0.4) is 0 Å². The number of hydrogen-bond acceptors (Lipinski definition) is 7. The maximum atomic E-state index is 12.2. The minimum Gasteiger partial charge on any atom is -0.383 e. The average molecular weight is 443 g/mol. The van der Waals surface area contributed by atoms with Crippen molar-refractivity contribution in [2.45, 2.75) is 59.1 Å². The second kappa shape index (κ2) is 12.1. The normalized spacial score (nSPS) is 18.8. The zero-order valence-corrected chi connectivity index (χ0v) is 19.4. The number of hydrogen-bond donors (Lipinski definition) is 3. The van der Waals surface area contributed by atoms with Gasteiger partial charge in [-0.1, -0.05) is 20.8 Å². The number of ether oxygens (including phenoxy) is 2. The number of amides is 4. The summed E-state index contributed by atoms with van der Waals surface area (Å²) in [5, 5.41) is 5.55. The predicted octanol–water partition coefficient (Wildman–Crippen LogP) is 0.148. The quantitative estimate of drug-likeness (QED) is 0.198. The Bertz CT molecular complexity index is 650. The third kappa shape index (κ3) is 9.32. The lowest BCUT2D eigenvalue weighted by Crippen LogP contribution is -2.44. The highest BCUT2D eigenvalue weighted by molar-refractivity contribution is 6.03. The van der Waals surface area contributed by atoms with Gasteiger partial charge in [-0.05, 0) is 13.3 Å². The van der Waals surface area contributed by atoms with Crippen LogP contribution in [0.1, 0.15) is 53.4 Å². The van der Waals surface area contributed by atoms with Gasteiger partial charge in [0.25, 0.3) is 0 Å². The van der Waals surface area contributed by atoms with Gasteiger partial charge >= 0.3 is 0 Å². The van der Waals surface area contributed by atoms with Crippen LogP contribution in [0.5, 0.6) is 0 Å². The molecule has 0 aromatic carbocycles. The van der Waals surface area contributed by atoms with E-state index >= 15 is 0 Å². The number of rotatable bonds is 14. The molecule has 10 nitrogen and oxygen atoms in total. The monoisotopic (exact) mass is 442 g/mol. The molecule has 4 amide bonds. The third-order valence-corrected chi connectivity index (χ3v) is 5.34. The summed E-state index contributed by atoms with van der Waals surface area (Å²) in [6.45, 7) is 8.68. The van der Waals surface area contributed by atoms with Gasteiger partial charge < -0.3 is 25.8 Å². The van der Waals surface area contributed by atoms with Crippen molar-refractivity contribution in [3.8, 4) is 0 Å². The topological polar surface area (TPSA) is 140 Å². The molecule has 2 unspecified atom stereocenters. The molecule has 0 aromatic heterocycles. The molecule has 0 aromatic rings. The lowest BCUT2D eigenvalue weighted by atomic mass is 9.88. The van der Waals surface area contributed by atoms with E-state index in [1.54, 1.807) is 21.0 Å². The fraction of sp³-hybridized carbons (Fsp3) is 0.810. The number of carbonyl (C=O) groups excluding carboxylic acids is 4. The highest BCUT2D eigenvalue weighted by Crippen LogP contribution is 2.22. The standard InChI is InChI=1S/C21H38N4O6/c1-15-14-17(27)25(18(15)28)11-6-16(26)23-9-7-21(4,22)31-12-8-20(2,3)19(29)24-10-13-30-5/h15H,6-14,22H2,1-5H3,(H,23,26)(H,24,29). The summed E-state index contributed by atoms with van der Waals surface area (Å²) < 4.78 is 10.7. The lowest BCUT2D eigenvalue weighted by Gasteiger charge is -2.29. The third-order valence-electron chi connectivity index (χ3n) is 5.34. The van der Waals surface area contributed by atoms with Gasteiger partial charge in [0, 0.05) is 63.9 Å². The van der Waals surface area contributed by atoms with Gasteiger partial charge in [0.05, 0.1) is 6.61 Å². The van der Waals surface area contributed by atoms with Crippen molar-refractivity contribution in [2.24, 2.45) is 17.1 Å². The van der Waals surface area contributed by atoms with Crippen LogP contribution >= 0.6 is 0 Å². The van der Waals surface area contributed by atoms with E-state index in [2.05, 4.69) is 10.6 Å². The minimum atomic E-state index is -0.966. The molecule has 0 saturated carbocycles. The molecule has 1 aliphatic rings. The summed E-state index contributed by atoms with van der Waals surface area (Å²) in [5.74, 6) is -1.11. The highest BCUT2D eigenvalue weighted by Gasteiger charge is 2.35. The van der Waals surface area contributed by atoms with Crippen LogP contribution in [0, 0.1) is 11.3 Å². The Labute approximate surface area is 184 Å². The molecule has 0 bridgehead atoms. The Kier molecular flexibility index (Phi) is 10.5. The molecule has 1 saturated heterocycles. The SMILES string of the molecule is COCCNC(=O)C(C)(C)CCOC(C)(N)CCNC(=O)CCN1C(=O)CC(C)C1=O. The molecule has 1 aliphatic heterocycles. The summed E-state index contributed by atoms with van der Waals surface area (Å²) in [6.07, 6.45) is 1.12. The van der Waals surface area contributed by atoms with Crippen molar-refractivity contribution in [2.75, 3.05) is 40.0 Å². The van der Waals surface area contributed by atoms with Crippen LogP contribution in [0.4, 0.5) is 0 Å². The Morgan fingerprint density at radius 1 is 1.13 bits per heavy atom. The first-order valence-corrected chi connectivity index (χ1v) is 10.7. The minimum absolute atomic E-state index is 0.0543. The van der Waals surface area contributed by atoms with Crippen LogP contribution in [-0.2, 0) is 28.7 Å². The van der Waals surface area contributed by atoms with Gasteiger partial charge in [0.2, 0.25) is 23.6 Å². The number of carbonyl (C=O) groups is 4. The van der Waals surface area contributed by atoms with Crippen molar-refractivity contribution in [1.82, 2.24) is 15.5 Å². The van der Waals surface area contributed by atoms with E-state index in [1.807, 2.05) is 13.8 Å². The van der Waals surface area contributed by atoms with Crippen molar-refractivity contribution < 1.29 is 28.7 Å². The van der Waals surface area contributed by atoms with E-state index in [0.717, 1.165) is 4.90 Å². The number of nitrogens with zero attached hydrogens (tertiary/aromatic N) is 1. The number of imide groups is 1. The first kappa shape index (κ1) is 27.0. The molecule has 1 heterocycles. The lowest BCUT2D eigenvalue weighted by molar-refractivity contribution is -0.139. The van der Waals surface area contributed by atoms with Crippen LogP contribution in [0.25, 0.3) is 0 Å². The van der Waals surface area contributed by atoms with Crippen LogP contribution in [0.2, 0.25) is 0 Å². The summed E-state index contributed by atoms with van der Waals surface area (Å²) in [7, 11) is 1.57. The summed E-state index contributed by atoms with van der Waals surface area (Å²) >= 11 is 0. The van der Waals surface area contributed by atoms with Crippen molar-refractivity contribution in [3.05, 3.63) is 0 Å². The van der Waals surface area contributed by atoms with Gasteiger partial charge in [-0.2, -0.15) is 0 Å². The zero-order chi connectivity index (χ0) is 23.7. The van der Waals surface area contributed by atoms with Gasteiger partial charge in [0.1, 0.15) is 5.72 Å². The Morgan fingerprint density at radius 2 is 1.81 bits per heavy atom. The molecular formula is C21H38N4O6. The molecular weight excluding hydrogens is 404 g/mol. The molecule has 1 fully saturated rings. The van der Waals surface area contributed by atoms with Crippen molar-refractivity contribution in [1.29, 1.82) is 0 Å². The molecule has 4 N–H and O–H groups in total. The summed E-state index contributed by atoms with van der Waals surface area (Å²) in [6, 6.07) is 0. The van der Waals surface area contributed by atoms with E-state index in [0.29, 0.717) is 39.1 Å². The van der Waals surface area contributed by atoms with E-state index in [1.165, 1.54) is 0 Å². The second-order valence-electron chi connectivity index (χ2n) is 8.88. The molecule has 0 radical (unpaired) electrons. The predicted molar refractivity (Wildman–Crippen MR) is 115 cm³/mol. The first-order chi connectivity index (χ1) is 14.4. The zero-order valence-electron chi connectivity index (χ0n) is 19.4. The van der Waals surface area contributed by atoms with Crippen LogP contribution < -0.4 is 16.4 Å². The molecule has 1 rings (SSSR count). The van der Waals surface area contributed by atoms with Crippen molar-refractivity contribution in [3.63, 3.8) is 0 Å². The van der Waals surface area contributed by atoms with Crippen LogP contribution in [-0.4, -0.2) is 74.2 Å². The molecule has 178 valence electrons. The van der Waals surface area contributed by atoms with E-state index < -0.39 is 11.1 Å². The molecule has 0 aliphatic carbocycles. The van der Waals surface area contributed by atoms with Crippen molar-refractivity contribution >= 4 is 23.6 Å². The molecule has 10 heteroatoms. The number of nitrogens with one attached hydrogen (secondary N) is 2. The number of methoxy groups -OCH3 is 1. The molecule has 0 spiro atoms. The maximum Gasteiger partial charge on any atom is 0.232 e. The maximum absolute atomic E-state index is 12.2. The van der Waals surface area contributed by atoms with Crippen LogP contribution in [0.15, 0.2) is 0 Å². The first-order valence-electron chi connectivity index (χ1n) is 10.7. The number of nitrogens with two attached hydrogens (primary N) is 1. The summed E-state index contributed by atoms with van der Waals surface area (Å²) in [5.41, 5.74) is 4.57. The second-order valence-corrected chi connectivity index (χ2v) is 8.88. The van der Waals surface area contributed by atoms with E-state index in [4.69, 9.17) is 15.2 Å². The fourth-order valence-electron chi connectivity index (χ4n) is 3.07. The molecule has 2 atom stereocenters. The van der Waals surface area contributed by atoms with E-state index in [-0.39, 0.29) is 48.9 Å². The molecule has 31 heavy (non-hydrogen) atoms. The Hall–Kier alpha value is -2.04. The van der Waals surface area contributed by atoms with Gasteiger partial charge in [-0.3, -0.25) is 24.1 Å². The van der Waals surface area contributed by atoms with Gasteiger partial charge in [0.15, 0.2) is 0 Å². The van der Waals surface area contributed by atoms with Gasteiger partial charge in [-0.15, -0.1) is 0 Å². The fourth-order valence-corrected chi connectivity index (χ4v) is 3.07. The van der Waals surface area contributed by atoms with E-state index in [9.17, 15) is 19.2 Å². The van der Waals surface area contributed by atoms with Gasteiger partial charge in [-0.25, -0.2) is 0 Å². The number of likely N-dealkylation sites (tertiary alicyclic amines) is 1. The smallest absolute Gasteiger partial charge is 0.232 e. The Morgan fingerprint density at radius 3 is 2.39 bits per heavy atom. The summed E-state index contributed by atoms with van der Waals surface area (Å²) in [4.78, 5) is 49.0. The highest BCUT2D eigenvalue weighted by atomic mass is 16.5. The Balaban J connectivity index is 2.27. The average Bonchev–Trinajstić information content (AvgIpc) is 2.91. The largest absolute Gasteiger partial charge is 0.383 e.